The van der Waals surface area contributed by atoms with E-state index in [-0.39, 0.29) is 35.6 Å². The lowest BCUT2D eigenvalue weighted by Gasteiger charge is -2.17. The summed E-state index contributed by atoms with van der Waals surface area (Å²) in [4.78, 5) is 36.1. The Morgan fingerprint density at radius 2 is 1.94 bits per heavy atom. The van der Waals surface area contributed by atoms with E-state index in [1.807, 2.05) is 0 Å². The van der Waals surface area contributed by atoms with Gasteiger partial charge in [0.2, 0.25) is 11.9 Å². The monoisotopic (exact) mass is 441 g/mol. The van der Waals surface area contributed by atoms with Gasteiger partial charge < -0.3 is 14.8 Å². The summed E-state index contributed by atoms with van der Waals surface area (Å²) in [7, 11) is 1.26. The number of aromatic nitrogens is 3. The Balaban J connectivity index is 2.14. The molecule has 1 atom stereocenters. The summed E-state index contributed by atoms with van der Waals surface area (Å²) in [5.74, 6) is -1.15. The normalized spacial score (nSPS) is 12.1. The number of methoxy groups -OCH3 is 1. The lowest BCUT2D eigenvalue weighted by atomic mass is 10.1. The number of nitrogens with zero attached hydrogens (tertiary/aromatic N) is 3. The van der Waals surface area contributed by atoms with Crippen molar-refractivity contribution in [3.63, 3.8) is 0 Å². The van der Waals surface area contributed by atoms with Crippen molar-refractivity contribution in [2.45, 2.75) is 39.4 Å². The van der Waals surface area contributed by atoms with Crippen LogP contribution in [0.4, 0.5) is 19.1 Å². The smallest absolute Gasteiger partial charge is 0.422 e. The van der Waals surface area contributed by atoms with Crippen LogP contribution in [0.5, 0.6) is 11.6 Å². The molecule has 0 aromatic carbocycles. The highest BCUT2D eigenvalue weighted by molar-refractivity contribution is 5.94. The van der Waals surface area contributed by atoms with Gasteiger partial charge in [-0.25, -0.2) is 15.0 Å². The molecule has 1 unspecified atom stereocenters. The maximum atomic E-state index is 12.6. The first kappa shape index (κ1) is 23.8. The Kier molecular flexibility index (Phi) is 7.72. The largest absolute Gasteiger partial charge is 0.491 e. The molecule has 2 amide bonds. The standard InChI is InChI=1S/C19H22F3N5O4/c1-5-15(28)27-18-24-10(2)6-13(26-18)16(29)25-11(3)12-7-14(30-4)17(23-8-12)31-9-19(20,21)22/h6-8,11H,5,9H2,1-4H3,(H,25,29)(H,24,26,27,28). The molecule has 2 rings (SSSR count). The SMILES string of the molecule is CCC(=O)Nc1nc(C)cc(C(=O)NC(C)c2cnc(OCC(F)(F)F)c(OC)c2)n1. The van der Waals surface area contributed by atoms with Gasteiger partial charge in [0.25, 0.3) is 11.8 Å². The highest BCUT2D eigenvalue weighted by Crippen LogP contribution is 2.29. The van der Waals surface area contributed by atoms with Gasteiger partial charge in [-0.1, -0.05) is 6.92 Å². The Morgan fingerprint density at radius 3 is 2.55 bits per heavy atom. The average Bonchev–Trinajstić information content (AvgIpc) is 2.70. The van der Waals surface area contributed by atoms with Crippen molar-refractivity contribution >= 4 is 17.8 Å². The molecule has 2 aromatic rings. The van der Waals surface area contributed by atoms with Crippen LogP contribution in [-0.2, 0) is 4.79 Å². The number of carbonyl (C=O) groups excluding carboxylic acids is 2. The quantitative estimate of drug-likeness (QED) is 0.647. The number of aryl methyl sites for hydroxylation is 1. The minimum absolute atomic E-state index is 0.00899. The number of halogens is 3. The molecule has 0 spiro atoms. The molecule has 0 bridgehead atoms. The molecule has 9 nitrogen and oxygen atoms in total. The number of carbonyl (C=O) groups is 2. The lowest BCUT2D eigenvalue weighted by molar-refractivity contribution is -0.154. The van der Waals surface area contributed by atoms with Crippen LogP contribution in [0.25, 0.3) is 0 Å². The van der Waals surface area contributed by atoms with Crippen molar-refractivity contribution in [3.05, 3.63) is 35.3 Å². The molecule has 0 saturated heterocycles. The van der Waals surface area contributed by atoms with Crippen LogP contribution in [-0.4, -0.2) is 46.7 Å². The van der Waals surface area contributed by atoms with Gasteiger partial charge in [-0.05, 0) is 31.5 Å². The van der Waals surface area contributed by atoms with Gasteiger partial charge in [-0.2, -0.15) is 13.2 Å². The van der Waals surface area contributed by atoms with Crippen molar-refractivity contribution in [1.29, 1.82) is 0 Å². The van der Waals surface area contributed by atoms with Crippen LogP contribution >= 0.6 is 0 Å². The van der Waals surface area contributed by atoms with Gasteiger partial charge in [0.05, 0.1) is 13.2 Å². The molecule has 168 valence electrons. The number of anilines is 1. The maximum absolute atomic E-state index is 12.6. The topological polar surface area (TPSA) is 115 Å². The average molecular weight is 441 g/mol. The second-order valence-corrected chi connectivity index (χ2v) is 6.49. The number of rotatable bonds is 8. The molecule has 31 heavy (non-hydrogen) atoms. The summed E-state index contributed by atoms with van der Waals surface area (Å²) >= 11 is 0. The van der Waals surface area contributed by atoms with Crippen molar-refractivity contribution in [3.8, 4) is 11.6 Å². The fourth-order valence-corrected chi connectivity index (χ4v) is 2.40. The second kappa shape index (κ2) is 10.0. The van der Waals surface area contributed by atoms with Crippen molar-refractivity contribution in [2.75, 3.05) is 19.0 Å². The van der Waals surface area contributed by atoms with E-state index >= 15 is 0 Å². The number of alkyl halides is 3. The number of hydrogen-bond acceptors (Lipinski definition) is 7. The van der Waals surface area contributed by atoms with Gasteiger partial charge in [0, 0.05) is 18.3 Å². The lowest BCUT2D eigenvalue weighted by Crippen LogP contribution is -2.28. The van der Waals surface area contributed by atoms with E-state index in [9.17, 15) is 22.8 Å². The number of ether oxygens (including phenoxy) is 2. The first-order valence-corrected chi connectivity index (χ1v) is 9.22. The first-order valence-electron chi connectivity index (χ1n) is 9.22. The van der Waals surface area contributed by atoms with Crippen LogP contribution in [0.1, 0.15) is 48.1 Å². The molecular weight excluding hydrogens is 419 g/mol. The second-order valence-electron chi connectivity index (χ2n) is 6.49. The van der Waals surface area contributed by atoms with E-state index in [2.05, 4.69) is 30.3 Å². The zero-order valence-corrected chi connectivity index (χ0v) is 17.3. The predicted molar refractivity (Wildman–Crippen MR) is 104 cm³/mol. The summed E-state index contributed by atoms with van der Waals surface area (Å²) < 4.78 is 46.8. The summed E-state index contributed by atoms with van der Waals surface area (Å²) in [6.45, 7) is 3.46. The summed E-state index contributed by atoms with van der Waals surface area (Å²) in [5, 5.41) is 5.20. The van der Waals surface area contributed by atoms with Crippen LogP contribution < -0.4 is 20.1 Å². The van der Waals surface area contributed by atoms with Crippen LogP contribution in [0.15, 0.2) is 18.3 Å². The van der Waals surface area contributed by atoms with Crippen molar-refractivity contribution in [2.24, 2.45) is 0 Å². The molecule has 0 radical (unpaired) electrons. The van der Waals surface area contributed by atoms with Crippen molar-refractivity contribution in [1.82, 2.24) is 20.3 Å². The minimum Gasteiger partial charge on any atom is -0.491 e. The van der Waals surface area contributed by atoms with E-state index in [1.54, 1.807) is 20.8 Å². The molecule has 0 aliphatic heterocycles. The fourth-order valence-electron chi connectivity index (χ4n) is 2.40. The summed E-state index contributed by atoms with van der Waals surface area (Å²) in [6, 6.07) is 2.28. The molecule has 2 aromatic heterocycles. The molecule has 0 saturated carbocycles. The molecule has 2 heterocycles. The Labute approximate surface area is 176 Å². The van der Waals surface area contributed by atoms with Gasteiger partial charge >= 0.3 is 6.18 Å². The number of nitrogens with one attached hydrogen (secondary N) is 2. The third-order valence-electron chi connectivity index (χ3n) is 3.94. The Hall–Kier alpha value is -3.44. The Bertz CT molecular complexity index is 953. The van der Waals surface area contributed by atoms with Crippen LogP contribution in [0, 0.1) is 6.92 Å². The number of pyridine rings is 1. The van der Waals surface area contributed by atoms with Gasteiger partial charge in [0.1, 0.15) is 5.69 Å². The zero-order chi connectivity index (χ0) is 23.2. The third-order valence-corrected chi connectivity index (χ3v) is 3.94. The third kappa shape index (κ3) is 7.08. The number of hydrogen-bond donors (Lipinski definition) is 2. The van der Waals surface area contributed by atoms with Crippen molar-refractivity contribution < 1.29 is 32.2 Å². The highest BCUT2D eigenvalue weighted by Gasteiger charge is 2.29. The van der Waals surface area contributed by atoms with E-state index in [1.165, 1.54) is 25.4 Å². The van der Waals surface area contributed by atoms with E-state index in [4.69, 9.17) is 4.74 Å². The molecule has 2 N–H and O–H groups in total. The van der Waals surface area contributed by atoms with Crippen LogP contribution in [0.3, 0.4) is 0 Å². The first-order chi connectivity index (χ1) is 14.5. The fraction of sp³-hybridized carbons (Fsp3) is 0.421. The molecule has 0 aliphatic carbocycles. The van der Waals surface area contributed by atoms with E-state index in [0.29, 0.717) is 11.3 Å². The number of amides is 2. The van der Waals surface area contributed by atoms with Gasteiger partial charge in [-0.15, -0.1) is 0 Å². The molecular formula is C19H22F3N5O4. The maximum Gasteiger partial charge on any atom is 0.422 e. The highest BCUT2D eigenvalue weighted by atomic mass is 19.4. The predicted octanol–water partition coefficient (Wildman–Crippen LogP) is 2.97. The minimum atomic E-state index is -4.52. The van der Waals surface area contributed by atoms with Gasteiger partial charge in [-0.3, -0.25) is 14.9 Å². The van der Waals surface area contributed by atoms with E-state index in [0.717, 1.165) is 0 Å². The Morgan fingerprint density at radius 1 is 1.23 bits per heavy atom. The van der Waals surface area contributed by atoms with E-state index < -0.39 is 24.7 Å². The summed E-state index contributed by atoms with van der Waals surface area (Å²) in [6.07, 6.45) is -3.01. The van der Waals surface area contributed by atoms with Gasteiger partial charge in [0.15, 0.2) is 12.4 Å². The summed E-state index contributed by atoms with van der Waals surface area (Å²) in [5.41, 5.74) is 0.986. The molecule has 12 heteroatoms. The van der Waals surface area contributed by atoms with Crippen LogP contribution in [0.2, 0.25) is 0 Å². The molecule has 0 fully saturated rings. The zero-order valence-electron chi connectivity index (χ0n) is 17.3. The molecule has 0 aliphatic rings.